The summed E-state index contributed by atoms with van der Waals surface area (Å²) in [7, 11) is 0. The van der Waals surface area contributed by atoms with E-state index < -0.39 is 0 Å². The van der Waals surface area contributed by atoms with Gasteiger partial charge in [-0.3, -0.25) is 9.80 Å². The van der Waals surface area contributed by atoms with Crippen molar-refractivity contribution in [3.63, 3.8) is 0 Å². The summed E-state index contributed by atoms with van der Waals surface area (Å²) in [5.74, 6) is 0. The van der Waals surface area contributed by atoms with Gasteiger partial charge >= 0.3 is 0 Å². The molecule has 1 spiro atoms. The Morgan fingerprint density at radius 1 is 0.765 bits per heavy atom. The summed E-state index contributed by atoms with van der Waals surface area (Å²) < 4.78 is 16.1. The predicted molar refractivity (Wildman–Crippen MR) is 149 cm³/mol. The lowest BCUT2D eigenvalue weighted by Crippen LogP contribution is -2.66. The second-order valence-electron chi connectivity index (χ2n) is 9.14. The minimum atomic E-state index is 0.363. The molecule has 0 aromatic carbocycles. The summed E-state index contributed by atoms with van der Waals surface area (Å²) in [6.07, 6.45) is 1.54. The molecule has 0 bridgehead atoms. The van der Waals surface area contributed by atoms with Gasteiger partial charge in [0, 0.05) is 77.0 Å². The predicted octanol–water partition coefficient (Wildman–Crippen LogP) is 5.26. The summed E-state index contributed by atoms with van der Waals surface area (Å²) in [4.78, 5) is 7.56. The Morgan fingerprint density at radius 2 is 1.32 bits per heavy atom. The van der Waals surface area contributed by atoms with Crippen molar-refractivity contribution in [3.05, 3.63) is 0 Å². The topological polar surface area (TPSA) is 37.4 Å². The Labute approximate surface area is 214 Å². The lowest BCUT2D eigenvalue weighted by Gasteiger charge is -2.55. The van der Waals surface area contributed by atoms with Gasteiger partial charge < -0.3 is 19.1 Å². The lowest BCUT2D eigenvalue weighted by molar-refractivity contribution is -0.191. The van der Waals surface area contributed by atoms with Crippen LogP contribution in [0.15, 0.2) is 0 Å². The monoisotopic (exact) mass is 489 g/mol. The normalized spacial score (nSPS) is 19.3. The summed E-state index contributed by atoms with van der Waals surface area (Å²) in [5, 5.41) is 0. The fourth-order valence-electron chi connectivity index (χ4n) is 4.09. The third-order valence-electron chi connectivity index (χ3n) is 5.90. The Bertz CT molecular complexity index is 402. The van der Waals surface area contributed by atoms with Crippen molar-refractivity contribution in [2.45, 2.75) is 94.7 Å². The Hall–Kier alpha value is -0.240. The fraction of sp³-hybridized carbons (Fsp3) is 1.00. The van der Waals surface area contributed by atoms with E-state index in [-0.39, 0.29) is 0 Å². The van der Waals surface area contributed by atoms with Crippen LogP contribution in [0.2, 0.25) is 0 Å². The zero-order valence-electron chi connectivity index (χ0n) is 25.1. The summed E-state index contributed by atoms with van der Waals surface area (Å²) in [6, 6.07) is 0.704. The first-order valence-electron chi connectivity index (χ1n) is 14.4. The molecule has 3 heterocycles. The molecule has 208 valence electrons. The molecule has 0 aromatic heterocycles. The van der Waals surface area contributed by atoms with E-state index in [0.717, 1.165) is 39.6 Å². The summed E-state index contributed by atoms with van der Waals surface area (Å²) >= 11 is 0. The maximum atomic E-state index is 5.50. The molecule has 0 radical (unpaired) electrons. The molecule has 0 atom stereocenters. The smallest absolute Gasteiger partial charge is 0.0596 e. The molecular formula is C28H63N3O3. The molecule has 3 aliphatic rings. The van der Waals surface area contributed by atoms with Gasteiger partial charge in [-0.1, -0.05) is 41.5 Å². The molecule has 0 aromatic rings. The van der Waals surface area contributed by atoms with Gasteiger partial charge in [0.1, 0.15) is 0 Å². The van der Waals surface area contributed by atoms with Crippen LogP contribution in [0.3, 0.4) is 0 Å². The maximum absolute atomic E-state index is 5.50. The van der Waals surface area contributed by atoms with E-state index in [1.54, 1.807) is 0 Å². The molecule has 0 N–H and O–H groups in total. The molecule has 6 nitrogen and oxygen atoms in total. The van der Waals surface area contributed by atoms with Gasteiger partial charge in [0.15, 0.2) is 0 Å². The van der Waals surface area contributed by atoms with Crippen LogP contribution in [0, 0.1) is 5.41 Å². The number of hydrogen-bond acceptors (Lipinski definition) is 6. The standard InChI is InChI=1S/C12H26N2O.C10H19NO2.3C2H6/c1-4-15-11-5-6-13-7-9-14(10-8-13)12(2)3;1-9(2)13-4-3-11-5-10(6-11)7-12-8-10;3*1-2/h12H,4-11H2,1-3H3;9H,3-8H2,1-2H3;3*1-2H3. The van der Waals surface area contributed by atoms with Crippen LogP contribution >= 0.6 is 0 Å². The van der Waals surface area contributed by atoms with Gasteiger partial charge in [-0.25, -0.2) is 0 Å². The molecule has 3 fully saturated rings. The van der Waals surface area contributed by atoms with Crippen molar-refractivity contribution in [1.29, 1.82) is 0 Å². The number of ether oxygens (including phenoxy) is 3. The van der Waals surface area contributed by atoms with E-state index in [9.17, 15) is 0 Å². The second-order valence-corrected chi connectivity index (χ2v) is 9.14. The molecule has 3 aliphatic heterocycles. The van der Waals surface area contributed by atoms with Crippen LogP contribution in [0.4, 0.5) is 0 Å². The van der Waals surface area contributed by atoms with Crippen LogP contribution in [0.5, 0.6) is 0 Å². The molecule has 6 heteroatoms. The molecule has 34 heavy (non-hydrogen) atoms. The minimum Gasteiger partial charge on any atom is -0.382 e. The van der Waals surface area contributed by atoms with E-state index >= 15 is 0 Å². The molecule has 0 aliphatic carbocycles. The van der Waals surface area contributed by atoms with Crippen molar-refractivity contribution < 1.29 is 14.2 Å². The number of piperazine rings is 1. The molecule has 3 rings (SSSR count). The van der Waals surface area contributed by atoms with Gasteiger partial charge in [0.25, 0.3) is 0 Å². The van der Waals surface area contributed by atoms with Gasteiger partial charge in [-0.15, -0.1) is 0 Å². The van der Waals surface area contributed by atoms with Gasteiger partial charge in [0.05, 0.1) is 25.9 Å². The number of nitrogens with zero attached hydrogens (tertiary/aromatic N) is 3. The van der Waals surface area contributed by atoms with Crippen LogP contribution in [0.25, 0.3) is 0 Å². The van der Waals surface area contributed by atoms with Gasteiger partial charge in [-0.2, -0.15) is 0 Å². The Balaban J connectivity index is 0. The second kappa shape index (κ2) is 23.2. The van der Waals surface area contributed by atoms with E-state index in [1.807, 2.05) is 41.5 Å². The van der Waals surface area contributed by atoms with Gasteiger partial charge in [-0.05, 0) is 41.0 Å². The first-order valence-corrected chi connectivity index (χ1v) is 14.4. The first kappa shape index (κ1) is 35.9. The van der Waals surface area contributed by atoms with Crippen molar-refractivity contribution in [1.82, 2.24) is 14.7 Å². The van der Waals surface area contributed by atoms with E-state index in [0.29, 0.717) is 17.6 Å². The van der Waals surface area contributed by atoms with Crippen LogP contribution in [0.1, 0.15) is 82.6 Å². The highest BCUT2D eigenvalue weighted by Gasteiger charge is 2.48. The number of hydrogen-bond donors (Lipinski definition) is 0. The van der Waals surface area contributed by atoms with Crippen LogP contribution < -0.4 is 0 Å². The average molecular weight is 490 g/mol. The quantitative estimate of drug-likeness (QED) is 0.390. The lowest BCUT2D eigenvalue weighted by atomic mass is 9.78. The highest BCUT2D eigenvalue weighted by atomic mass is 16.5. The van der Waals surface area contributed by atoms with Crippen molar-refractivity contribution in [2.24, 2.45) is 5.41 Å². The number of rotatable bonds is 10. The highest BCUT2D eigenvalue weighted by molar-refractivity contribution is 4.99. The zero-order valence-corrected chi connectivity index (χ0v) is 25.1. The van der Waals surface area contributed by atoms with E-state index in [4.69, 9.17) is 14.2 Å². The highest BCUT2D eigenvalue weighted by Crippen LogP contribution is 2.37. The van der Waals surface area contributed by atoms with Crippen molar-refractivity contribution in [2.75, 3.05) is 85.4 Å². The third-order valence-corrected chi connectivity index (χ3v) is 5.90. The molecule has 3 saturated heterocycles. The Kier molecular flexibility index (Phi) is 24.5. The zero-order chi connectivity index (χ0) is 26.4. The molecule has 0 unspecified atom stereocenters. The van der Waals surface area contributed by atoms with Crippen molar-refractivity contribution in [3.8, 4) is 0 Å². The van der Waals surface area contributed by atoms with Crippen LogP contribution in [-0.4, -0.2) is 112 Å². The van der Waals surface area contributed by atoms with Crippen LogP contribution in [-0.2, 0) is 14.2 Å². The van der Waals surface area contributed by atoms with E-state index in [2.05, 4.69) is 49.3 Å². The molecular weight excluding hydrogens is 426 g/mol. The SMILES string of the molecule is CC.CC.CC.CC(C)OCCN1CC2(COC2)C1.CCOCCCN1CCN(C(C)C)CC1. The maximum Gasteiger partial charge on any atom is 0.0596 e. The average Bonchev–Trinajstić information content (AvgIpc) is 2.81. The van der Waals surface area contributed by atoms with Gasteiger partial charge in [0.2, 0.25) is 0 Å². The van der Waals surface area contributed by atoms with E-state index in [1.165, 1.54) is 52.2 Å². The Morgan fingerprint density at radius 3 is 1.74 bits per heavy atom. The van der Waals surface area contributed by atoms with Crippen molar-refractivity contribution >= 4 is 0 Å². The third kappa shape index (κ3) is 15.7. The summed E-state index contributed by atoms with van der Waals surface area (Å²) in [6.45, 7) is 37.0. The fourth-order valence-corrected chi connectivity index (χ4v) is 4.09. The minimum absolute atomic E-state index is 0.363. The largest absolute Gasteiger partial charge is 0.382 e. The molecule has 0 amide bonds. The first-order chi connectivity index (χ1) is 16.4. The molecule has 0 saturated carbocycles. The number of likely N-dealkylation sites (tertiary alicyclic amines) is 1. The summed E-state index contributed by atoms with van der Waals surface area (Å²) in [5.41, 5.74) is 0.553.